The summed E-state index contributed by atoms with van der Waals surface area (Å²) in [4.78, 5) is 29.3. The molecule has 0 aliphatic carbocycles. The van der Waals surface area contributed by atoms with Gasteiger partial charge < -0.3 is 25.2 Å². The average molecular weight is 303 g/mol. The third kappa shape index (κ3) is 2.60. The van der Waals surface area contributed by atoms with E-state index in [1.165, 1.54) is 12.5 Å². The van der Waals surface area contributed by atoms with E-state index >= 15 is 0 Å². The standard InChI is InChI=1S/C14H17N5O3/c15-13(21)10-8-19(11(9-20)12-2-1-7-22-12)14(17-10)18-5-3-16-4-6-18/h1-2,7-9,11,16H,3-6H2,(H2,15,21). The van der Waals surface area contributed by atoms with Crippen molar-refractivity contribution >= 4 is 18.1 Å². The lowest BCUT2D eigenvalue weighted by atomic mass is 10.2. The molecule has 1 amide bonds. The zero-order valence-electron chi connectivity index (χ0n) is 11.9. The molecule has 0 spiro atoms. The molecule has 22 heavy (non-hydrogen) atoms. The Morgan fingerprint density at radius 2 is 2.23 bits per heavy atom. The molecule has 3 rings (SSSR count). The van der Waals surface area contributed by atoms with Crippen LogP contribution in [0.3, 0.4) is 0 Å². The lowest BCUT2D eigenvalue weighted by molar-refractivity contribution is -0.109. The van der Waals surface area contributed by atoms with Crippen molar-refractivity contribution < 1.29 is 14.0 Å². The van der Waals surface area contributed by atoms with E-state index in [1.54, 1.807) is 16.7 Å². The van der Waals surface area contributed by atoms with Crippen molar-refractivity contribution in [3.63, 3.8) is 0 Å². The van der Waals surface area contributed by atoms with E-state index in [0.717, 1.165) is 32.5 Å². The molecular weight excluding hydrogens is 286 g/mol. The van der Waals surface area contributed by atoms with Crippen LogP contribution in [0.25, 0.3) is 0 Å². The fourth-order valence-electron chi connectivity index (χ4n) is 2.54. The number of piperazine rings is 1. The Labute approximate surface area is 126 Å². The van der Waals surface area contributed by atoms with Crippen molar-refractivity contribution in [1.29, 1.82) is 0 Å². The van der Waals surface area contributed by atoms with Gasteiger partial charge in [-0.05, 0) is 12.1 Å². The third-order valence-electron chi connectivity index (χ3n) is 3.63. The monoisotopic (exact) mass is 303 g/mol. The molecule has 1 unspecified atom stereocenters. The number of imidazole rings is 1. The summed E-state index contributed by atoms with van der Waals surface area (Å²) < 4.78 is 6.96. The number of nitrogens with zero attached hydrogens (tertiary/aromatic N) is 3. The summed E-state index contributed by atoms with van der Waals surface area (Å²) in [6.45, 7) is 3.09. The van der Waals surface area contributed by atoms with Crippen molar-refractivity contribution in [3.05, 3.63) is 36.0 Å². The van der Waals surface area contributed by atoms with Crippen LogP contribution in [0.15, 0.2) is 29.0 Å². The molecule has 2 aromatic heterocycles. The topological polar surface area (TPSA) is 106 Å². The predicted octanol–water partition coefficient (Wildman–Crippen LogP) is -0.227. The molecule has 2 aromatic rings. The Morgan fingerprint density at radius 1 is 1.45 bits per heavy atom. The molecule has 0 aromatic carbocycles. The Kier molecular flexibility index (Phi) is 3.92. The number of amides is 1. The maximum Gasteiger partial charge on any atom is 0.268 e. The first-order valence-electron chi connectivity index (χ1n) is 7.03. The lowest BCUT2D eigenvalue weighted by Crippen LogP contribution is -2.44. The van der Waals surface area contributed by atoms with Crippen LogP contribution in [0.4, 0.5) is 5.95 Å². The van der Waals surface area contributed by atoms with Gasteiger partial charge in [0.1, 0.15) is 17.5 Å². The van der Waals surface area contributed by atoms with Gasteiger partial charge in [-0.2, -0.15) is 0 Å². The van der Waals surface area contributed by atoms with Gasteiger partial charge in [-0.25, -0.2) is 4.98 Å². The fraction of sp³-hybridized carbons (Fsp3) is 0.357. The number of carbonyl (C=O) groups excluding carboxylic acids is 2. The Hall–Kier alpha value is -2.61. The second-order valence-electron chi connectivity index (χ2n) is 5.03. The van der Waals surface area contributed by atoms with Gasteiger partial charge in [0.2, 0.25) is 5.95 Å². The summed E-state index contributed by atoms with van der Waals surface area (Å²) in [6, 6.07) is 2.74. The highest BCUT2D eigenvalue weighted by molar-refractivity contribution is 5.91. The van der Waals surface area contributed by atoms with Crippen LogP contribution in [0.1, 0.15) is 22.3 Å². The van der Waals surface area contributed by atoms with E-state index in [4.69, 9.17) is 10.2 Å². The number of aldehydes is 1. The summed E-state index contributed by atoms with van der Waals surface area (Å²) in [5, 5.41) is 3.25. The molecule has 3 heterocycles. The molecule has 116 valence electrons. The second-order valence-corrected chi connectivity index (χ2v) is 5.03. The molecule has 1 saturated heterocycles. The number of carbonyl (C=O) groups is 2. The zero-order chi connectivity index (χ0) is 15.5. The largest absolute Gasteiger partial charge is 0.467 e. The van der Waals surface area contributed by atoms with Gasteiger partial charge in [-0.15, -0.1) is 0 Å². The van der Waals surface area contributed by atoms with Crippen LogP contribution in [-0.4, -0.2) is 47.9 Å². The maximum absolute atomic E-state index is 11.6. The second kappa shape index (κ2) is 6.02. The maximum atomic E-state index is 11.6. The minimum absolute atomic E-state index is 0.131. The first kappa shape index (κ1) is 14.3. The number of aromatic nitrogens is 2. The fourth-order valence-corrected chi connectivity index (χ4v) is 2.54. The SMILES string of the molecule is NC(=O)c1cn(C(C=O)c2ccco2)c(N2CCNCC2)n1. The van der Waals surface area contributed by atoms with Crippen LogP contribution in [0.2, 0.25) is 0 Å². The van der Waals surface area contributed by atoms with E-state index in [0.29, 0.717) is 11.7 Å². The molecule has 3 N–H and O–H groups in total. The summed E-state index contributed by atoms with van der Waals surface area (Å²) >= 11 is 0. The zero-order valence-corrected chi connectivity index (χ0v) is 11.9. The van der Waals surface area contributed by atoms with Crippen molar-refractivity contribution in [3.8, 4) is 0 Å². The number of nitrogens with one attached hydrogen (secondary N) is 1. The molecule has 1 atom stereocenters. The normalized spacial score (nSPS) is 16.5. The summed E-state index contributed by atoms with van der Waals surface area (Å²) in [7, 11) is 0. The molecule has 1 aliphatic rings. The number of primary amides is 1. The molecule has 8 nitrogen and oxygen atoms in total. The quantitative estimate of drug-likeness (QED) is 0.739. The third-order valence-corrected chi connectivity index (χ3v) is 3.63. The van der Waals surface area contributed by atoms with Gasteiger partial charge in [0, 0.05) is 32.4 Å². The Bertz CT molecular complexity index is 658. The van der Waals surface area contributed by atoms with Crippen molar-refractivity contribution in [2.45, 2.75) is 6.04 Å². The van der Waals surface area contributed by atoms with Gasteiger partial charge >= 0.3 is 0 Å². The van der Waals surface area contributed by atoms with Gasteiger partial charge in [-0.3, -0.25) is 9.36 Å². The van der Waals surface area contributed by atoms with Gasteiger partial charge in [0.15, 0.2) is 6.29 Å². The van der Waals surface area contributed by atoms with Crippen LogP contribution < -0.4 is 16.0 Å². The van der Waals surface area contributed by atoms with Gasteiger partial charge in [0.25, 0.3) is 5.91 Å². The molecule has 8 heteroatoms. The van der Waals surface area contributed by atoms with E-state index in [2.05, 4.69) is 10.3 Å². The highest BCUT2D eigenvalue weighted by Gasteiger charge is 2.25. The molecule has 1 aliphatic heterocycles. The molecular formula is C14H17N5O3. The van der Waals surface area contributed by atoms with Crippen LogP contribution in [0.5, 0.6) is 0 Å². The smallest absolute Gasteiger partial charge is 0.268 e. The van der Waals surface area contributed by atoms with Gasteiger partial charge in [-0.1, -0.05) is 0 Å². The van der Waals surface area contributed by atoms with E-state index in [1.807, 2.05) is 4.90 Å². The average Bonchev–Trinajstić information content (AvgIpc) is 3.19. The van der Waals surface area contributed by atoms with Crippen LogP contribution in [-0.2, 0) is 4.79 Å². The lowest BCUT2D eigenvalue weighted by Gasteiger charge is -2.29. The number of rotatable bonds is 5. The van der Waals surface area contributed by atoms with Crippen molar-refractivity contribution in [1.82, 2.24) is 14.9 Å². The number of hydrogen-bond donors (Lipinski definition) is 2. The van der Waals surface area contributed by atoms with Crippen molar-refractivity contribution in [2.75, 3.05) is 31.1 Å². The Balaban J connectivity index is 2.04. The van der Waals surface area contributed by atoms with Crippen molar-refractivity contribution in [2.24, 2.45) is 5.73 Å². The number of hydrogen-bond acceptors (Lipinski definition) is 6. The predicted molar refractivity (Wildman–Crippen MR) is 78.7 cm³/mol. The molecule has 0 saturated carbocycles. The van der Waals surface area contributed by atoms with Crippen LogP contribution >= 0.6 is 0 Å². The number of nitrogens with two attached hydrogens (primary N) is 1. The summed E-state index contributed by atoms with van der Waals surface area (Å²) in [6.07, 6.45) is 3.76. The van der Waals surface area contributed by atoms with Crippen LogP contribution in [0, 0.1) is 0 Å². The number of furan rings is 1. The molecule has 0 bridgehead atoms. The molecule has 0 radical (unpaired) electrons. The Morgan fingerprint density at radius 3 is 2.82 bits per heavy atom. The van der Waals surface area contributed by atoms with E-state index in [-0.39, 0.29) is 5.69 Å². The summed E-state index contributed by atoms with van der Waals surface area (Å²) in [5.41, 5.74) is 5.46. The van der Waals surface area contributed by atoms with E-state index < -0.39 is 11.9 Å². The highest BCUT2D eigenvalue weighted by atomic mass is 16.3. The molecule has 1 fully saturated rings. The number of anilines is 1. The first-order valence-corrected chi connectivity index (χ1v) is 7.03. The summed E-state index contributed by atoms with van der Waals surface area (Å²) in [5.74, 6) is 0.405. The van der Waals surface area contributed by atoms with Gasteiger partial charge in [0.05, 0.1) is 6.26 Å². The minimum Gasteiger partial charge on any atom is -0.467 e. The highest BCUT2D eigenvalue weighted by Crippen LogP contribution is 2.25. The van der Waals surface area contributed by atoms with E-state index in [9.17, 15) is 9.59 Å². The minimum atomic E-state index is -0.680. The first-order chi connectivity index (χ1) is 10.7.